The van der Waals surface area contributed by atoms with Crippen molar-refractivity contribution in [1.82, 2.24) is 5.32 Å². The summed E-state index contributed by atoms with van der Waals surface area (Å²) in [6.45, 7) is 1.69. The van der Waals surface area contributed by atoms with Gasteiger partial charge in [0.2, 0.25) is 5.91 Å². The zero-order valence-corrected chi connectivity index (χ0v) is 19.4. The molecule has 0 aliphatic rings. The Bertz CT molecular complexity index is 1210. The molecule has 1 amide bonds. The molecule has 0 bridgehead atoms. The van der Waals surface area contributed by atoms with Gasteiger partial charge in [-0.15, -0.1) is 11.8 Å². The van der Waals surface area contributed by atoms with Crippen molar-refractivity contribution >= 4 is 39.7 Å². The molecule has 0 spiro atoms. The van der Waals surface area contributed by atoms with E-state index < -0.39 is 15.9 Å². The SMILES string of the molecule is CSc1ccccc1N(CC(=O)NCc1cccc(C=O)c1)S(=O)(=O)c1ccc(C)cc1. The molecule has 166 valence electrons. The number of carbonyl (C=O) groups excluding carboxylic acids is 2. The molecule has 3 rings (SSSR count). The molecule has 0 heterocycles. The van der Waals surface area contributed by atoms with Crippen molar-refractivity contribution in [3.8, 4) is 0 Å². The van der Waals surface area contributed by atoms with Crippen LogP contribution < -0.4 is 9.62 Å². The van der Waals surface area contributed by atoms with Crippen LogP contribution in [0.15, 0.2) is 82.6 Å². The number of hydrogen-bond donors (Lipinski definition) is 1. The zero-order valence-electron chi connectivity index (χ0n) is 17.8. The summed E-state index contributed by atoms with van der Waals surface area (Å²) in [4.78, 5) is 24.6. The molecule has 32 heavy (non-hydrogen) atoms. The van der Waals surface area contributed by atoms with E-state index >= 15 is 0 Å². The molecule has 0 atom stereocenters. The highest BCUT2D eigenvalue weighted by atomic mass is 32.2. The maximum atomic E-state index is 13.5. The number of para-hydroxylation sites is 1. The number of thioether (sulfide) groups is 1. The van der Waals surface area contributed by atoms with Gasteiger partial charge in [0.25, 0.3) is 10.0 Å². The molecule has 8 heteroatoms. The van der Waals surface area contributed by atoms with Gasteiger partial charge in [0.1, 0.15) is 12.8 Å². The summed E-state index contributed by atoms with van der Waals surface area (Å²) in [5.41, 5.74) is 2.64. The second kappa shape index (κ2) is 10.5. The number of nitrogens with one attached hydrogen (secondary N) is 1. The highest BCUT2D eigenvalue weighted by molar-refractivity contribution is 7.99. The van der Waals surface area contributed by atoms with Crippen LogP contribution in [0.1, 0.15) is 21.5 Å². The first kappa shape index (κ1) is 23.6. The molecular formula is C24H24N2O4S2. The zero-order chi connectivity index (χ0) is 23.1. The van der Waals surface area contributed by atoms with Crippen molar-refractivity contribution in [3.05, 3.63) is 89.5 Å². The van der Waals surface area contributed by atoms with Crippen LogP contribution in [0.4, 0.5) is 5.69 Å². The summed E-state index contributed by atoms with van der Waals surface area (Å²) in [5, 5.41) is 2.75. The lowest BCUT2D eigenvalue weighted by molar-refractivity contribution is -0.119. The molecule has 0 unspecified atom stereocenters. The number of aldehydes is 1. The highest BCUT2D eigenvalue weighted by Crippen LogP contribution is 2.32. The molecule has 6 nitrogen and oxygen atoms in total. The Kier molecular flexibility index (Phi) is 7.71. The molecule has 0 aliphatic carbocycles. The molecule has 0 saturated heterocycles. The first-order valence-corrected chi connectivity index (χ1v) is 12.5. The summed E-state index contributed by atoms with van der Waals surface area (Å²) < 4.78 is 28.1. The third kappa shape index (κ3) is 5.57. The Hall–Kier alpha value is -3.10. The van der Waals surface area contributed by atoms with Gasteiger partial charge >= 0.3 is 0 Å². The number of anilines is 1. The highest BCUT2D eigenvalue weighted by Gasteiger charge is 2.28. The Morgan fingerprint density at radius 3 is 2.44 bits per heavy atom. The van der Waals surface area contributed by atoms with E-state index in [1.165, 1.54) is 11.8 Å². The first-order valence-electron chi connectivity index (χ1n) is 9.88. The summed E-state index contributed by atoms with van der Waals surface area (Å²) >= 11 is 1.41. The van der Waals surface area contributed by atoms with Gasteiger partial charge in [-0.25, -0.2) is 8.42 Å². The molecule has 0 aliphatic heterocycles. The second-order valence-electron chi connectivity index (χ2n) is 7.14. The van der Waals surface area contributed by atoms with Gasteiger partial charge < -0.3 is 5.32 Å². The van der Waals surface area contributed by atoms with Crippen LogP contribution >= 0.6 is 11.8 Å². The van der Waals surface area contributed by atoms with Crippen molar-refractivity contribution in [2.75, 3.05) is 17.1 Å². The largest absolute Gasteiger partial charge is 0.350 e. The number of rotatable bonds is 9. The number of carbonyl (C=O) groups is 2. The number of nitrogens with zero attached hydrogens (tertiary/aromatic N) is 1. The van der Waals surface area contributed by atoms with E-state index in [9.17, 15) is 18.0 Å². The van der Waals surface area contributed by atoms with E-state index in [2.05, 4.69) is 5.32 Å². The van der Waals surface area contributed by atoms with Crippen molar-refractivity contribution in [3.63, 3.8) is 0 Å². The lowest BCUT2D eigenvalue weighted by atomic mass is 10.1. The summed E-state index contributed by atoms with van der Waals surface area (Å²) in [7, 11) is -3.98. The summed E-state index contributed by atoms with van der Waals surface area (Å²) in [5.74, 6) is -0.451. The fourth-order valence-corrected chi connectivity index (χ4v) is 5.24. The van der Waals surface area contributed by atoms with Crippen LogP contribution in [-0.4, -0.2) is 33.4 Å². The van der Waals surface area contributed by atoms with E-state index in [0.717, 1.165) is 26.6 Å². The average Bonchev–Trinajstić information content (AvgIpc) is 2.81. The van der Waals surface area contributed by atoms with Crippen molar-refractivity contribution in [1.29, 1.82) is 0 Å². The van der Waals surface area contributed by atoms with Gasteiger partial charge in [-0.2, -0.15) is 0 Å². The van der Waals surface area contributed by atoms with E-state index in [0.29, 0.717) is 11.3 Å². The fourth-order valence-electron chi connectivity index (χ4n) is 3.14. The second-order valence-corrected chi connectivity index (χ2v) is 9.85. The number of amides is 1. The van der Waals surface area contributed by atoms with Gasteiger partial charge in [0.05, 0.1) is 10.6 Å². The maximum Gasteiger partial charge on any atom is 0.264 e. The maximum absolute atomic E-state index is 13.5. The quantitative estimate of drug-likeness (QED) is 0.379. The van der Waals surface area contributed by atoms with E-state index in [4.69, 9.17) is 0 Å². The summed E-state index contributed by atoms with van der Waals surface area (Å²) in [6.07, 6.45) is 2.59. The summed E-state index contributed by atoms with van der Waals surface area (Å²) in [6, 6.07) is 20.5. The minimum absolute atomic E-state index is 0.116. The van der Waals surface area contributed by atoms with E-state index in [-0.39, 0.29) is 18.0 Å². The molecule has 3 aromatic rings. The third-order valence-corrected chi connectivity index (χ3v) is 7.39. The molecule has 0 aromatic heterocycles. The van der Waals surface area contributed by atoms with Crippen LogP contribution in [0.5, 0.6) is 0 Å². The van der Waals surface area contributed by atoms with Gasteiger partial charge in [-0.05, 0) is 49.1 Å². The van der Waals surface area contributed by atoms with Crippen LogP contribution in [-0.2, 0) is 21.4 Å². The third-order valence-electron chi connectivity index (χ3n) is 4.83. The van der Waals surface area contributed by atoms with Crippen LogP contribution in [0.3, 0.4) is 0 Å². The average molecular weight is 469 g/mol. The first-order chi connectivity index (χ1) is 15.3. The Morgan fingerprint density at radius 2 is 1.75 bits per heavy atom. The number of aryl methyl sites for hydroxylation is 1. The van der Waals surface area contributed by atoms with Gasteiger partial charge in [0.15, 0.2) is 0 Å². The van der Waals surface area contributed by atoms with E-state index in [1.807, 2.05) is 25.3 Å². The van der Waals surface area contributed by atoms with Crippen LogP contribution in [0, 0.1) is 6.92 Å². The van der Waals surface area contributed by atoms with Crippen LogP contribution in [0.25, 0.3) is 0 Å². The van der Waals surface area contributed by atoms with Crippen LogP contribution in [0.2, 0.25) is 0 Å². The predicted octanol–water partition coefficient (Wildman–Crippen LogP) is 4.04. The Morgan fingerprint density at radius 1 is 1.03 bits per heavy atom. The smallest absolute Gasteiger partial charge is 0.264 e. The monoisotopic (exact) mass is 468 g/mol. The molecule has 0 saturated carbocycles. The van der Waals surface area contributed by atoms with E-state index in [1.54, 1.807) is 60.7 Å². The minimum Gasteiger partial charge on any atom is -0.350 e. The molecular weight excluding hydrogens is 444 g/mol. The minimum atomic E-state index is -3.98. The number of benzene rings is 3. The van der Waals surface area contributed by atoms with Crippen molar-refractivity contribution < 1.29 is 18.0 Å². The number of sulfonamides is 1. The van der Waals surface area contributed by atoms with Gasteiger partial charge in [-0.1, -0.05) is 48.0 Å². The van der Waals surface area contributed by atoms with Gasteiger partial charge in [-0.3, -0.25) is 13.9 Å². The van der Waals surface area contributed by atoms with Crippen molar-refractivity contribution in [2.45, 2.75) is 23.3 Å². The standard InChI is InChI=1S/C24H24N2O4S2/c1-18-10-12-21(13-11-18)32(29,30)26(22-8-3-4-9-23(22)31-2)16-24(28)25-15-19-6-5-7-20(14-19)17-27/h3-14,17H,15-16H2,1-2H3,(H,25,28). The van der Waals surface area contributed by atoms with Crippen molar-refractivity contribution in [2.24, 2.45) is 0 Å². The fraction of sp³-hybridized carbons (Fsp3) is 0.167. The molecule has 0 fully saturated rings. The number of hydrogen-bond acceptors (Lipinski definition) is 5. The van der Waals surface area contributed by atoms with Gasteiger partial charge in [0, 0.05) is 17.0 Å². The molecule has 3 aromatic carbocycles. The lowest BCUT2D eigenvalue weighted by Crippen LogP contribution is -2.41. The topological polar surface area (TPSA) is 83.6 Å². The normalized spacial score (nSPS) is 11.1. The lowest BCUT2D eigenvalue weighted by Gasteiger charge is -2.26. The Labute approximate surface area is 192 Å². The molecule has 0 radical (unpaired) electrons. The molecule has 1 N–H and O–H groups in total. The Balaban J connectivity index is 1.89. The predicted molar refractivity (Wildman–Crippen MR) is 128 cm³/mol.